The average molecular weight is 425 g/mol. The van der Waals surface area contributed by atoms with Crippen LogP contribution in [-0.2, 0) is 16.6 Å². The molecule has 148 valence electrons. The number of nitrogens with one attached hydrogen (secondary N) is 1. The van der Waals surface area contributed by atoms with Crippen molar-refractivity contribution >= 4 is 33.5 Å². The Labute approximate surface area is 176 Å². The van der Waals surface area contributed by atoms with Crippen molar-refractivity contribution in [1.82, 2.24) is 19.9 Å². The number of thiophene rings is 1. The van der Waals surface area contributed by atoms with Crippen molar-refractivity contribution in [3.8, 4) is 16.5 Å². The third kappa shape index (κ3) is 3.22. The number of nitrogens with zero attached hydrogens (tertiary/aromatic N) is 3. The number of hydrogen-bond donors (Lipinski definition) is 1. The van der Waals surface area contributed by atoms with Crippen LogP contribution in [0.3, 0.4) is 0 Å². The Morgan fingerprint density at radius 2 is 2.10 bits per heavy atom. The second-order valence-corrected chi connectivity index (χ2v) is 8.91. The number of para-hydroxylation sites is 1. The van der Waals surface area contributed by atoms with Gasteiger partial charge in [-0.05, 0) is 30.4 Å². The summed E-state index contributed by atoms with van der Waals surface area (Å²) in [4.78, 5) is 19.5. The average Bonchev–Trinajstić information content (AvgIpc) is 3.08. The molecule has 3 aromatic heterocycles. The van der Waals surface area contributed by atoms with Gasteiger partial charge in [-0.2, -0.15) is 4.98 Å². The molecule has 1 N–H and O–H groups in total. The summed E-state index contributed by atoms with van der Waals surface area (Å²) in [6.07, 6.45) is 2.42. The summed E-state index contributed by atoms with van der Waals surface area (Å²) >= 11 is 3.21. The summed E-state index contributed by atoms with van der Waals surface area (Å²) in [5.41, 5.74) is 1.59. The smallest absolute Gasteiger partial charge is 0.230 e. The minimum atomic E-state index is -0.448. The SMILES string of the molecule is COc1ccccc1C1(C(=O)NCCc2csc3nc(-c4cccs4)nn23)CC1. The van der Waals surface area contributed by atoms with E-state index in [1.165, 1.54) is 0 Å². The van der Waals surface area contributed by atoms with Crippen LogP contribution in [0.2, 0.25) is 0 Å². The van der Waals surface area contributed by atoms with Gasteiger partial charge >= 0.3 is 0 Å². The minimum absolute atomic E-state index is 0.0753. The molecule has 3 heterocycles. The van der Waals surface area contributed by atoms with E-state index in [4.69, 9.17) is 4.74 Å². The molecule has 1 aromatic carbocycles. The highest BCUT2D eigenvalue weighted by Crippen LogP contribution is 2.51. The summed E-state index contributed by atoms with van der Waals surface area (Å²) < 4.78 is 7.36. The van der Waals surface area contributed by atoms with Crippen LogP contribution in [0.25, 0.3) is 15.7 Å². The molecule has 0 bridgehead atoms. The molecule has 1 saturated carbocycles. The molecule has 1 amide bonds. The summed E-state index contributed by atoms with van der Waals surface area (Å²) in [7, 11) is 1.65. The van der Waals surface area contributed by atoms with Crippen LogP contribution in [0, 0.1) is 0 Å². The molecule has 0 atom stereocenters. The van der Waals surface area contributed by atoms with Gasteiger partial charge in [0, 0.05) is 23.9 Å². The van der Waals surface area contributed by atoms with Crippen LogP contribution in [0.5, 0.6) is 5.75 Å². The highest BCUT2D eigenvalue weighted by molar-refractivity contribution is 7.15. The summed E-state index contributed by atoms with van der Waals surface area (Å²) in [5.74, 6) is 1.61. The van der Waals surface area contributed by atoms with Crippen LogP contribution in [-0.4, -0.2) is 34.2 Å². The normalized spacial score (nSPS) is 14.8. The van der Waals surface area contributed by atoms with Gasteiger partial charge in [0.1, 0.15) is 5.75 Å². The molecule has 4 aromatic rings. The number of rotatable bonds is 7. The predicted molar refractivity (Wildman–Crippen MR) is 115 cm³/mol. The van der Waals surface area contributed by atoms with E-state index in [1.54, 1.807) is 29.8 Å². The summed E-state index contributed by atoms with van der Waals surface area (Å²) in [6, 6.07) is 11.8. The topological polar surface area (TPSA) is 68.5 Å². The first-order chi connectivity index (χ1) is 14.2. The molecule has 0 saturated heterocycles. The van der Waals surface area contributed by atoms with E-state index >= 15 is 0 Å². The predicted octanol–water partition coefficient (Wildman–Crippen LogP) is 3.92. The van der Waals surface area contributed by atoms with Gasteiger partial charge in [-0.3, -0.25) is 4.79 Å². The zero-order valence-electron chi connectivity index (χ0n) is 15.9. The van der Waals surface area contributed by atoms with Gasteiger partial charge in [0.2, 0.25) is 10.9 Å². The van der Waals surface area contributed by atoms with Gasteiger partial charge in [-0.25, -0.2) is 4.52 Å². The van der Waals surface area contributed by atoms with Gasteiger partial charge in [0.15, 0.2) is 5.82 Å². The van der Waals surface area contributed by atoms with Crippen LogP contribution >= 0.6 is 22.7 Å². The molecule has 0 aliphatic heterocycles. The molecule has 1 aliphatic carbocycles. The van der Waals surface area contributed by atoms with Crippen LogP contribution in [0.1, 0.15) is 24.1 Å². The van der Waals surface area contributed by atoms with Crippen molar-refractivity contribution in [3.63, 3.8) is 0 Å². The van der Waals surface area contributed by atoms with E-state index in [-0.39, 0.29) is 5.91 Å². The molecular weight excluding hydrogens is 404 g/mol. The van der Waals surface area contributed by atoms with E-state index in [2.05, 4.69) is 20.8 Å². The van der Waals surface area contributed by atoms with E-state index in [1.807, 2.05) is 46.3 Å². The lowest BCUT2D eigenvalue weighted by atomic mass is 9.94. The Morgan fingerprint density at radius 1 is 1.24 bits per heavy atom. The highest BCUT2D eigenvalue weighted by Gasteiger charge is 2.52. The fraction of sp³-hybridized carbons (Fsp3) is 0.286. The maximum absolute atomic E-state index is 13.0. The zero-order valence-corrected chi connectivity index (χ0v) is 17.6. The fourth-order valence-corrected chi connectivity index (χ4v) is 5.17. The van der Waals surface area contributed by atoms with Gasteiger partial charge in [0.05, 0.1) is 23.1 Å². The lowest BCUT2D eigenvalue weighted by Gasteiger charge is -2.18. The molecule has 1 fully saturated rings. The summed E-state index contributed by atoms with van der Waals surface area (Å²) in [5, 5.41) is 11.9. The van der Waals surface area contributed by atoms with Gasteiger partial charge in [-0.1, -0.05) is 24.3 Å². The third-order valence-corrected chi connectivity index (χ3v) is 7.10. The first-order valence-electron chi connectivity index (χ1n) is 9.50. The van der Waals surface area contributed by atoms with Gasteiger partial charge in [0.25, 0.3) is 0 Å². The maximum Gasteiger partial charge on any atom is 0.230 e. The Bertz CT molecular complexity index is 1160. The molecule has 0 unspecified atom stereocenters. The largest absolute Gasteiger partial charge is 0.496 e. The summed E-state index contributed by atoms with van der Waals surface area (Å²) in [6.45, 7) is 0.565. The first-order valence-corrected chi connectivity index (χ1v) is 11.3. The Morgan fingerprint density at radius 3 is 2.86 bits per heavy atom. The maximum atomic E-state index is 13.0. The standard InChI is InChI=1S/C21H20N4O2S2/c1-27-16-6-3-2-5-15(16)21(9-10-21)19(26)22-11-8-14-13-29-20-23-18(24-25(14)20)17-7-4-12-28-17/h2-7,12-13H,8-11H2,1H3,(H,22,26). The van der Waals surface area contributed by atoms with Crippen molar-refractivity contribution in [2.24, 2.45) is 0 Å². The lowest BCUT2D eigenvalue weighted by Crippen LogP contribution is -2.36. The monoisotopic (exact) mass is 424 g/mol. The Balaban J connectivity index is 1.27. The number of aromatic nitrogens is 3. The molecule has 29 heavy (non-hydrogen) atoms. The van der Waals surface area contributed by atoms with Crippen LogP contribution in [0.15, 0.2) is 47.2 Å². The molecule has 8 heteroatoms. The Kier molecular flexibility index (Phi) is 4.60. The van der Waals surface area contributed by atoms with Crippen molar-refractivity contribution < 1.29 is 9.53 Å². The number of hydrogen-bond acceptors (Lipinski definition) is 6. The number of amides is 1. The molecule has 0 spiro atoms. The van der Waals surface area contributed by atoms with E-state index < -0.39 is 5.41 Å². The molecule has 1 aliphatic rings. The van der Waals surface area contributed by atoms with E-state index in [9.17, 15) is 4.79 Å². The molecule has 6 nitrogen and oxygen atoms in total. The molecule has 5 rings (SSSR count). The number of thiazole rings is 1. The Hall–Kier alpha value is -2.71. The number of benzene rings is 1. The second kappa shape index (κ2) is 7.27. The zero-order chi connectivity index (χ0) is 19.8. The number of carbonyl (C=O) groups is 1. The number of fused-ring (bicyclic) bond motifs is 1. The third-order valence-electron chi connectivity index (χ3n) is 5.37. The second-order valence-electron chi connectivity index (χ2n) is 7.12. The fourth-order valence-electron chi connectivity index (χ4n) is 3.66. The lowest BCUT2D eigenvalue weighted by molar-refractivity contribution is -0.123. The molecular formula is C21H20N4O2S2. The molecule has 0 radical (unpaired) electrons. The van der Waals surface area contributed by atoms with Crippen LogP contribution in [0.4, 0.5) is 0 Å². The number of methoxy groups -OCH3 is 1. The number of carbonyl (C=O) groups excluding carboxylic acids is 1. The van der Waals surface area contributed by atoms with E-state index in [0.717, 1.165) is 45.5 Å². The van der Waals surface area contributed by atoms with Crippen molar-refractivity contribution in [2.75, 3.05) is 13.7 Å². The van der Waals surface area contributed by atoms with Crippen LogP contribution < -0.4 is 10.1 Å². The van der Waals surface area contributed by atoms with Crippen molar-refractivity contribution in [2.45, 2.75) is 24.7 Å². The van der Waals surface area contributed by atoms with Crippen molar-refractivity contribution in [3.05, 3.63) is 58.4 Å². The van der Waals surface area contributed by atoms with E-state index in [0.29, 0.717) is 13.0 Å². The minimum Gasteiger partial charge on any atom is -0.496 e. The van der Waals surface area contributed by atoms with Gasteiger partial charge < -0.3 is 10.1 Å². The number of ether oxygens (including phenoxy) is 1. The quantitative estimate of drug-likeness (QED) is 0.488. The van der Waals surface area contributed by atoms with Gasteiger partial charge in [-0.15, -0.1) is 27.8 Å². The van der Waals surface area contributed by atoms with Crippen molar-refractivity contribution in [1.29, 1.82) is 0 Å². The highest BCUT2D eigenvalue weighted by atomic mass is 32.1. The first kappa shape index (κ1) is 18.3.